The molecule has 6 nitrogen and oxygen atoms in total. The predicted octanol–water partition coefficient (Wildman–Crippen LogP) is 2.33. The molecule has 0 saturated carbocycles. The van der Waals surface area contributed by atoms with Crippen LogP contribution in [0.3, 0.4) is 0 Å². The van der Waals surface area contributed by atoms with E-state index in [0.717, 1.165) is 21.7 Å². The van der Waals surface area contributed by atoms with Gasteiger partial charge in [0.25, 0.3) is 0 Å². The third kappa shape index (κ3) is 7.53. The molecule has 1 aromatic carbocycles. The summed E-state index contributed by atoms with van der Waals surface area (Å²) in [6, 6.07) is 5.77. The highest BCUT2D eigenvalue weighted by atomic mass is 32.1. The molecule has 0 aromatic heterocycles. The Morgan fingerprint density at radius 1 is 1.28 bits per heavy atom. The average molecular weight is 366 g/mol. The number of allylic oxidation sites excluding steroid dienone is 1. The Hall–Kier alpha value is -2.12. The summed E-state index contributed by atoms with van der Waals surface area (Å²) < 4.78 is 16.2. The first kappa shape index (κ1) is 20.9. The van der Waals surface area contributed by atoms with Crippen molar-refractivity contribution in [2.45, 2.75) is 13.5 Å². The zero-order valence-corrected chi connectivity index (χ0v) is 15.6. The van der Waals surface area contributed by atoms with Crippen molar-refractivity contribution < 1.29 is 19.0 Å². The molecule has 1 aromatic rings. The fourth-order valence-corrected chi connectivity index (χ4v) is 2.22. The molecule has 0 radical (unpaired) electrons. The van der Waals surface area contributed by atoms with Crippen LogP contribution in [-0.2, 0) is 20.8 Å². The van der Waals surface area contributed by atoms with Gasteiger partial charge < -0.3 is 24.8 Å². The van der Waals surface area contributed by atoms with E-state index in [0.29, 0.717) is 45.1 Å². The number of benzene rings is 1. The van der Waals surface area contributed by atoms with Crippen LogP contribution in [0.1, 0.15) is 18.1 Å². The standard InChI is InChI=1S/C18H26N2O4S/c1-4-22-7-8-23-9-10-24-17-11-15(18(25)14(2)19-3)5-6-16(17)12-20-13-21/h4-6,11,13,19,25H,1,7-10,12H2,2-3H3,(H,20,21)/b18-14-. The van der Waals surface area contributed by atoms with Gasteiger partial charge in [0, 0.05) is 29.8 Å². The van der Waals surface area contributed by atoms with Crippen LogP contribution in [0.15, 0.2) is 36.7 Å². The minimum absolute atomic E-state index is 0.391. The summed E-state index contributed by atoms with van der Waals surface area (Å²) in [6.45, 7) is 7.56. The largest absolute Gasteiger partial charge is 0.499 e. The van der Waals surface area contributed by atoms with Crippen LogP contribution in [0.5, 0.6) is 5.75 Å². The SMILES string of the molecule is C=COCCOCCOc1cc(/C(S)=C(\C)NC)ccc1CNC=O. The topological polar surface area (TPSA) is 68.8 Å². The molecule has 1 amide bonds. The highest BCUT2D eigenvalue weighted by Crippen LogP contribution is 2.28. The lowest BCUT2D eigenvalue weighted by molar-refractivity contribution is -0.109. The number of amides is 1. The van der Waals surface area contributed by atoms with E-state index in [2.05, 4.69) is 29.8 Å². The van der Waals surface area contributed by atoms with Gasteiger partial charge in [-0.3, -0.25) is 4.79 Å². The molecule has 0 atom stereocenters. The number of hydrogen-bond acceptors (Lipinski definition) is 6. The number of thiol groups is 1. The first-order valence-corrected chi connectivity index (χ1v) is 8.39. The molecular weight excluding hydrogens is 340 g/mol. The summed E-state index contributed by atoms with van der Waals surface area (Å²) >= 11 is 4.55. The molecule has 0 fully saturated rings. The molecular formula is C18H26N2O4S. The van der Waals surface area contributed by atoms with Crippen molar-refractivity contribution in [2.24, 2.45) is 0 Å². The van der Waals surface area contributed by atoms with E-state index in [1.54, 1.807) is 0 Å². The summed E-state index contributed by atoms with van der Waals surface area (Å²) in [6.07, 6.45) is 2.04. The number of rotatable bonds is 13. The predicted molar refractivity (Wildman–Crippen MR) is 102 cm³/mol. The smallest absolute Gasteiger partial charge is 0.207 e. The third-order valence-electron chi connectivity index (χ3n) is 3.40. The van der Waals surface area contributed by atoms with Crippen LogP contribution < -0.4 is 15.4 Å². The molecule has 138 valence electrons. The van der Waals surface area contributed by atoms with Gasteiger partial charge in [0.15, 0.2) is 0 Å². The Bertz CT molecular complexity index is 590. The van der Waals surface area contributed by atoms with Crippen molar-refractivity contribution >= 4 is 23.9 Å². The van der Waals surface area contributed by atoms with Gasteiger partial charge in [-0.2, -0.15) is 0 Å². The fourth-order valence-electron chi connectivity index (χ4n) is 1.97. The van der Waals surface area contributed by atoms with Gasteiger partial charge in [-0.25, -0.2) is 0 Å². The van der Waals surface area contributed by atoms with Gasteiger partial charge in [0.2, 0.25) is 6.41 Å². The van der Waals surface area contributed by atoms with Crippen molar-refractivity contribution in [3.05, 3.63) is 47.9 Å². The maximum Gasteiger partial charge on any atom is 0.207 e. The lowest BCUT2D eigenvalue weighted by Crippen LogP contribution is -2.14. The second kappa shape index (κ2) is 12.3. The van der Waals surface area contributed by atoms with Gasteiger partial charge >= 0.3 is 0 Å². The van der Waals surface area contributed by atoms with Crippen LogP contribution >= 0.6 is 12.6 Å². The number of carbonyl (C=O) groups excluding carboxylic acids is 1. The lowest BCUT2D eigenvalue weighted by Gasteiger charge is -2.14. The molecule has 0 bridgehead atoms. The quantitative estimate of drug-likeness (QED) is 0.216. The van der Waals surface area contributed by atoms with Crippen molar-refractivity contribution in [1.82, 2.24) is 10.6 Å². The first-order chi connectivity index (χ1) is 12.1. The van der Waals surface area contributed by atoms with E-state index in [-0.39, 0.29) is 0 Å². The fraction of sp³-hybridized carbons (Fsp3) is 0.389. The number of ether oxygens (including phenoxy) is 3. The van der Waals surface area contributed by atoms with Gasteiger partial charge in [-0.15, -0.1) is 12.6 Å². The van der Waals surface area contributed by atoms with E-state index in [1.807, 2.05) is 32.2 Å². The molecule has 0 aliphatic carbocycles. The molecule has 1 rings (SSSR count). The van der Waals surface area contributed by atoms with Crippen molar-refractivity contribution in [3.63, 3.8) is 0 Å². The maximum absolute atomic E-state index is 10.6. The molecule has 25 heavy (non-hydrogen) atoms. The normalized spacial score (nSPS) is 11.3. The minimum atomic E-state index is 0.391. The zero-order chi connectivity index (χ0) is 18.5. The third-order valence-corrected chi connectivity index (χ3v) is 3.99. The first-order valence-electron chi connectivity index (χ1n) is 7.95. The van der Waals surface area contributed by atoms with Crippen LogP contribution in [0.2, 0.25) is 0 Å². The van der Waals surface area contributed by atoms with E-state index in [4.69, 9.17) is 14.2 Å². The molecule has 7 heteroatoms. The lowest BCUT2D eigenvalue weighted by atomic mass is 10.1. The molecule has 0 aliphatic heterocycles. The number of carbonyl (C=O) groups is 1. The second-order valence-electron chi connectivity index (χ2n) is 5.04. The van der Waals surface area contributed by atoms with Gasteiger partial charge in [0.1, 0.15) is 19.0 Å². The summed E-state index contributed by atoms with van der Waals surface area (Å²) in [4.78, 5) is 11.4. The molecule has 0 spiro atoms. The highest BCUT2D eigenvalue weighted by Gasteiger charge is 2.08. The summed E-state index contributed by atoms with van der Waals surface area (Å²) in [7, 11) is 1.85. The molecule has 2 N–H and O–H groups in total. The van der Waals surface area contributed by atoms with Crippen LogP contribution in [0.4, 0.5) is 0 Å². The average Bonchev–Trinajstić information content (AvgIpc) is 2.64. The van der Waals surface area contributed by atoms with Gasteiger partial charge in [-0.1, -0.05) is 18.7 Å². The molecule has 0 unspecified atom stereocenters. The molecule has 0 saturated heterocycles. The Labute approximate surface area is 154 Å². The minimum Gasteiger partial charge on any atom is -0.499 e. The summed E-state index contributed by atoms with van der Waals surface area (Å²) in [5.41, 5.74) is 2.77. The second-order valence-corrected chi connectivity index (χ2v) is 5.49. The molecule has 0 heterocycles. The van der Waals surface area contributed by atoms with Crippen LogP contribution in [-0.4, -0.2) is 39.9 Å². The highest BCUT2D eigenvalue weighted by molar-refractivity contribution is 7.90. The summed E-state index contributed by atoms with van der Waals surface area (Å²) in [5.74, 6) is 0.688. The molecule has 0 aliphatic rings. The zero-order valence-electron chi connectivity index (χ0n) is 14.7. The number of nitrogens with one attached hydrogen (secondary N) is 2. The van der Waals surface area contributed by atoms with Gasteiger partial charge in [-0.05, 0) is 18.6 Å². The van der Waals surface area contributed by atoms with E-state index >= 15 is 0 Å². The van der Waals surface area contributed by atoms with E-state index in [9.17, 15) is 4.79 Å². The van der Waals surface area contributed by atoms with Gasteiger partial charge in [0.05, 0.1) is 19.5 Å². The Kier molecular flexibility index (Phi) is 10.3. The Morgan fingerprint density at radius 3 is 2.72 bits per heavy atom. The van der Waals surface area contributed by atoms with E-state index in [1.165, 1.54) is 6.26 Å². The number of hydrogen-bond donors (Lipinski definition) is 3. The van der Waals surface area contributed by atoms with Crippen LogP contribution in [0, 0.1) is 0 Å². The van der Waals surface area contributed by atoms with E-state index < -0.39 is 0 Å². The Balaban J connectivity index is 2.74. The van der Waals surface area contributed by atoms with Crippen molar-refractivity contribution in [3.8, 4) is 5.75 Å². The van der Waals surface area contributed by atoms with Crippen LogP contribution in [0.25, 0.3) is 4.91 Å². The maximum atomic E-state index is 10.6. The summed E-state index contributed by atoms with van der Waals surface area (Å²) in [5, 5.41) is 5.72. The Morgan fingerprint density at radius 2 is 2.04 bits per heavy atom. The van der Waals surface area contributed by atoms with Crippen molar-refractivity contribution in [2.75, 3.05) is 33.5 Å². The van der Waals surface area contributed by atoms with Crippen molar-refractivity contribution in [1.29, 1.82) is 0 Å². The monoisotopic (exact) mass is 366 g/mol.